The van der Waals surface area contributed by atoms with Crippen molar-refractivity contribution in [2.75, 3.05) is 18.4 Å². The lowest BCUT2D eigenvalue weighted by molar-refractivity contribution is -0.137. The third-order valence-electron chi connectivity index (χ3n) is 6.08. The van der Waals surface area contributed by atoms with Gasteiger partial charge in [0.15, 0.2) is 0 Å². The molecule has 1 amide bonds. The van der Waals surface area contributed by atoms with Crippen molar-refractivity contribution in [1.29, 1.82) is 0 Å². The number of rotatable bonds is 4. The minimum atomic E-state index is 0.217. The van der Waals surface area contributed by atoms with Crippen LogP contribution in [0.4, 0.5) is 5.82 Å². The van der Waals surface area contributed by atoms with Crippen LogP contribution in [0.5, 0.6) is 0 Å². The van der Waals surface area contributed by atoms with Gasteiger partial charge in [0.1, 0.15) is 5.82 Å². The van der Waals surface area contributed by atoms with E-state index in [0.29, 0.717) is 17.9 Å². The Morgan fingerprint density at radius 2 is 1.67 bits per heavy atom. The van der Waals surface area contributed by atoms with Crippen LogP contribution < -0.4 is 5.32 Å². The van der Waals surface area contributed by atoms with Crippen molar-refractivity contribution in [3.63, 3.8) is 0 Å². The third-order valence-corrected chi connectivity index (χ3v) is 6.08. The van der Waals surface area contributed by atoms with Crippen LogP contribution in [0.25, 0.3) is 0 Å². The van der Waals surface area contributed by atoms with Crippen molar-refractivity contribution in [2.45, 2.75) is 50.5 Å². The van der Waals surface area contributed by atoms with Crippen molar-refractivity contribution in [3.8, 4) is 0 Å². The van der Waals surface area contributed by atoms with Crippen LogP contribution in [0.2, 0.25) is 0 Å². The second kappa shape index (κ2) is 8.51. The van der Waals surface area contributed by atoms with Gasteiger partial charge >= 0.3 is 0 Å². The molecule has 27 heavy (non-hydrogen) atoms. The Labute approximate surface area is 161 Å². The summed E-state index contributed by atoms with van der Waals surface area (Å²) in [6.45, 7) is 1.69. The second-order valence-corrected chi connectivity index (χ2v) is 7.81. The molecule has 1 N–H and O–H groups in total. The maximum absolute atomic E-state index is 12.9. The first-order valence-corrected chi connectivity index (χ1v) is 10.2. The number of nitrogens with one attached hydrogen (secondary N) is 1. The molecule has 0 atom stereocenters. The van der Waals surface area contributed by atoms with Crippen LogP contribution in [0, 0.1) is 5.92 Å². The summed E-state index contributed by atoms with van der Waals surface area (Å²) in [5.74, 6) is 2.03. The minimum Gasteiger partial charge on any atom is -0.366 e. The van der Waals surface area contributed by atoms with E-state index in [1.54, 1.807) is 6.20 Å². The molecule has 1 saturated carbocycles. The Morgan fingerprint density at radius 3 is 2.33 bits per heavy atom. The van der Waals surface area contributed by atoms with Crippen molar-refractivity contribution in [3.05, 3.63) is 54.2 Å². The smallest absolute Gasteiger partial charge is 0.225 e. The lowest BCUT2D eigenvalue weighted by Crippen LogP contribution is -2.45. The van der Waals surface area contributed by atoms with E-state index >= 15 is 0 Å². The molecule has 142 valence electrons. The predicted molar refractivity (Wildman–Crippen MR) is 106 cm³/mol. The van der Waals surface area contributed by atoms with Gasteiger partial charge in [-0.25, -0.2) is 0 Å². The summed E-state index contributed by atoms with van der Waals surface area (Å²) in [4.78, 5) is 15.0. The topological polar surface area (TPSA) is 58.1 Å². The van der Waals surface area contributed by atoms with Gasteiger partial charge in [-0.3, -0.25) is 4.79 Å². The van der Waals surface area contributed by atoms with Crippen LogP contribution in [0.3, 0.4) is 0 Å². The molecule has 1 aliphatic heterocycles. The zero-order chi connectivity index (χ0) is 18.5. The minimum absolute atomic E-state index is 0.217. The fourth-order valence-electron chi connectivity index (χ4n) is 4.49. The lowest BCUT2D eigenvalue weighted by atomic mass is 9.78. The Bertz CT molecular complexity index is 720. The molecule has 1 aromatic carbocycles. The number of carbonyl (C=O) groups is 1. The average Bonchev–Trinajstić information content (AvgIpc) is 2.75. The molecule has 2 aliphatic rings. The van der Waals surface area contributed by atoms with Gasteiger partial charge in [0.2, 0.25) is 5.91 Å². The maximum Gasteiger partial charge on any atom is 0.225 e. The zero-order valence-corrected chi connectivity index (χ0v) is 15.8. The van der Waals surface area contributed by atoms with Gasteiger partial charge in [0.25, 0.3) is 0 Å². The molecule has 2 aromatic rings. The molecule has 0 bridgehead atoms. The summed E-state index contributed by atoms with van der Waals surface area (Å²) in [6.07, 6.45) is 7.94. The summed E-state index contributed by atoms with van der Waals surface area (Å²) in [6, 6.07) is 15.0. The molecular formula is C22H28N4O. The molecule has 0 spiro atoms. The van der Waals surface area contributed by atoms with Gasteiger partial charge in [0, 0.05) is 31.2 Å². The second-order valence-electron chi connectivity index (χ2n) is 7.81. The molecule has 5 nitrogen and oxygen atoms in total. The third kappa shape index (κ3) is 4.46. The number of carbonyl (C=O) groups excluding carboxylic acids is 1. The summed E-state index contributed by atoms with van der Waals surface area (Å²) in [5, 5.41) is 11.4. The Hall–Kier alpha value is -2.43. The van der Waals surface area contributed by atoms with Gasteiger partial charge in [0.05, 0.1) is 0 Å². The van der Waals surface area contributed by atoms with Gasteiger partial charge in [-0.2, -0.15) is 5.10 Å². The van der Waals surface area contributed by atoms with E-state index in [4.69, 9.17) is 0 Å². The predicted octanol–water partition coefficient (Wildman–Crippen LogP) is 3.85. The first-order valence-electron chi connectivity index (χ1n) is 10.2. The first kappa shape index (κ1) is 18.0. The zero-order valence-electron chi connectivity index (χ0n) is 15.8. The highest BCUT2D eigenvalue weighted by molar-refractivity contribution is 5.79. The van der Waals surface area contributed by atoms with Crippen molar-refractivity contribution < 1.29 is 4.79 Å². The van der Waals surface area contributed by atoms with Gasteiger partial charge in [-0.15, -0.1) is 5.10 Å². The largest absolute Gasteiger partial charge is 0.366 e. The maximum atomic E-state index is 12.9. The number of aromatic nitrogens is 2. The van der Waals surface area contributed by atoms with Gasteiger partial charge < -0.3 is 10.2 Å². The van der Waals surface area contributed by atoms with E-state index in [-0.39, 0.29) is 5.92 Å². The highest BCUT2D eigenvalue weighted by atomic mass is 16.2. The molecule has 1 aliphatic carbocycles. The number of anilines is 1. The van der Waals surface area contributed by atoms with Gasteiger partial charge in [-0.05, 0) is 62.1 Å². The molecule has 0 radical (unpaired) electrons. The molecule has 1 saturated heterocycles. The monoisotopic (exact) mass is 364 g/mol. The SMILES string of the molecule is O=C(C1CCC(c2ccccc2)CC1)N1CCC(Nc2cccnn2)CC1. The van der Waals surface area contributed by atoms with Crippen LogP contribution in [0.15, 0.2) is 48.7 Å². The molecule has 2 fully saturated rings. The number of benzene rings is 1. The molecule has 4 rings (SSSR count). The Balaban J connectivity index is 1.24. The summed E-state index contributed by atoms with van der Waals surface area (Å²) < 4.78 is 0. The molecule has 1 aromatic heterocycles. The number of nitrogens with zero attached hydrogens (tertiary/aromatic N) is 3. The number of hydrogen-bond acceptors (Lipinski definition) is 4. The van der Waals surface area contributed by atoms with Crippen molar-refractivity contribution >= 4 is 11.7 Å². The number of likely N-dealkylation sites (tertiary alicyclic amines) is 1. The quantitative estimate of drug-likeness (QED) is 0.895. The summed E-state index contributed by atoms with van der Waals surface area (Å²) in [5.41, 5.74) is 1.43. The van der Waals surface area contributed by atoms with Crippen molar-refractivity contribution in [1.82, 2.24) is 15.1 Å². The fourth-order valence-corrected chi connectivity index (χ4v) is 4.49. The summed E-state index contributed by atoms with van der Waals surface area (Å²) >= 11 is 0. The number of piperidine rings is 1. The Morgan fingerprint density at radius 1 is 0.926 bits per heavy atom. The Kier molecular flexibility index (Phi) is 5.66. The van der Waals surface area contributed by atoms with E-state index in [1.807, 2.05) is 12.1 Å². The van der Waals surface area contributed by atoms with E-state index in [0.717, 1.165) is 57.4 Å². The van der Waals surface area contributed by atoms with E-state index in [1.165, 1.54) is 5.56 Å². The highest BCUT2D eigenvalue weighted by Gasteiger charge is 2.31. The van der Waals surface area contributed by atoms with Crippen LogP contribution in [-0.2, 0) is 4.79 Å². The van der Waals surface area contributed by atoms with Crippen LogP contribution in [-0.4, -0.2) is 40.1 Å². The van der Waals surface area contributed by atoms with Gasteiger partial charge in [-0.1, -0.05) is 30.3 Å². The standard InChI is InChI=1S/C22H28N4O/c27-22(19-10-8-18(9-11-19)17-5-2-1-3-6-17)26-15-12-20(13-16-26)24-21-7-4-14-23-25-21/h1-7,14,18-20H,8-13,15-16H2,(H,24,25). The highest BCUT2D eigenvalue weighted by Crippen LogP contribution is 2.36. The molecular weight excluding hydrogens is 336 g/mol. The molecule has 2 heterocycles. The van der Waals surface area contributed by atoms with Crippen LogP contribution in [0.1, 0.15) is 50.0 Å². The first-order chi connectivity index (χ1) is 13.3. The van der Waals surface area contributed by atoms with Crippen molar-refractivity contribution in [2.24, 2.45) is 5.92 Å². The average molecular weight is 364 g/mol. The molecule has 5 heteroatoms. The number of amides is 1. The van der Waals surface area contributed by atoms with Crippen LogP contribution >= 0.6 is 0 Å². The fraction of sp³-hybridized carbons (Fsp3) is 0.500. The van der Waals surface area contributed by atoms with E-state index < -0.39 is 0 Å². The van der Waals surface area contributed by atoms with E-state index in [2.05, 4.69) is 50.7 Å². The summed E-state index contributed by atoms with van der Waals surface area (Å²) in [7, 11) is 0. The number of hydrogen-bond donors (Lipinski definition) is 1. The molecule has 0 unspecified atom stereocenters. The normalized spacial score (nSPS) is 23.8. The lowest BCUT2D eigenvalue weighted by Gasteiger charge is -2.36. The van der Waals surface area contributed by atoms with E-state index in [9.17, 15) is 4.79 Å².